The second-order valence-electron chi connectivity index (χ2n) is 15.3. The molecule has 3 heterocycles. The van der Waals surface area contributed by atoms with Gasteiger partial charge >= 0.3 is 0 Å². The fraction of sp³-hybridized carbons (Fsp3) is 0.130. The maximum Gasteiger partial charge on any atom is 0.160 e. The molecule has 6 aromatic carbocycles. The van der Waals surface area contributed by atoms with E-state index in [1.165, 1.54) is 0 Å². The molecule has 0 unspecified atom stereocenters. The fourth-order valence-corrected chi connectivity index (χ4v) is 8.61. The average molecular weight is 781 g/mol. The van der Waals surface area contributed by atoms with Crippen LogP contribution in [-0.4, -0.2) is 19.5 Å². The molecule has 0 aliphatic heterocycles. The maximum atomic E-state index is 5.54. The Hall–Kier alpha value is -7.31. The van der Waals surface area contributed by atoms with Gasteiger partial charge in [0, 0.05) is 12.1 Å². The summed E-state index contributed by atoms with van der Waals surface area (Å²) in [6.07, 6.45) is 2.14. The molecule has 0 atom stereocenters. The standard InChI is InChI=1S/C54H48N6/c1-3-4-37-60-40(2)55-49-36-35-48(56-52(49)60)41-38-50(58-53(42-23-11-5-12-24-42,43-25-13-6-14-26-43)44-27-15-7-16-28-44)57-51(39-41)59-54(45-29-17-8-18-30-45,46-31-19-9-20-32-46)47-33-21-10-22-34-47/h5-36,38-39H,3-4,37H2,1-2H3,(H2,57,58,59). The van der Waals surface area contributed by atoms with Gasteiger partial charge in [0.1, 0.15) is 34.1 Å². The maximum absolute atomic E-state index is 5.54. The number of aryl methyl sites for hydroxylation is 2. The highest BCUT2D eigenvalue weighted by molar-refractivity contribution is 5.78. The van der Waals surface area contributed by atoms with Crippen LogP contribution in [0, 0.1) is 6.92 Å². The molecule has 0 aliphatic carbocycles. The van der Waals surface area contributed by atoms with Gasteiger partial charge in [-0.3, -0.25) is 0 Å². The van der Waals surface area contributed by atoms with Crippen LogP contribution in [0.2, 0.25) is 0 Å². The summed E-state index contributed by atoms with van der Waals surface area (Å²) in [5.74, 6) is 2.35. The Balaban J connectivity index is 1.31. The van der Waals surface area contributed by atoms with Crippen molar-refractivity contribution in [1.82, 2.24) is 19.5 Å². The van der Waals surface area contributed by atoms with Crippen LogP contribution >= 0.6 is 0 Å². The van der Waals surface area contributed by atoms with Crippen molar-refractivity contribution < 1.29 is 0 Å². The zero-order valence-electron chi connectivity index (χ0n) is 34.0. The molecule has 0 saturated carbocycles. The van der Waals surface area contributed by atoms with Gasteiger partial charge < -0.3 is 15.2 Å². The van der Waals surface area contributed by atoms with Crippen molar-refractivity contribution in [2.45, 2.75) is 44.3 Å². The SMILES string of the molecule is CCCCn1c(C)nc2ccc(-c3cc(NC(c4ccccc4)(c4ccccc4)c4ccccc4)nc(NC(c4ccccc4)(c4ccccc4)c4ccccc4)c3)nc21. The number of hydrogen-bond acceptors (Lipinski definition) is 5. The van der Waals surface area contributed by atoms with Crippen LogP contribution in [0.5, 0.6) is 0 Å². The van der Waals surface area contributed by atoms with Crippen LogP contribution in [-0.2, 0) is 17.6 Å². The Morgan fingerprint density at radius 1 is 0.450 bits per heavy atom. The Morgan fingerprint density at radius 2 is 0.817 bits per heavy atom. The smallest absolute Gasteiger partial charge is 0.160 e. The van der Waals surface area contributed by atoms with Crippen LogP contribution in [0.15, 0.2) is 206 Å². The number of hydrogen-bond donors (Lipinski definition) is 2. The van der Waals surface area contributed by atoms with E-state index in [1.807, 2.05) is 0 Å². The van der Waals surface area contributed by atoms with Crippen molar-refractivity contribution in [2.24, 2.45) is 0 Å². The Morgan fingerprint density at radius 3 is 1.17 bits per heavy atom. The van der Waals surface area contributed by atoms with E-state index in [0.29, 0.717) is 11.6 Å². The van der Waals surface area contributed by atoms with E-state index in [9.17, 15) is 0 Å². The van der Waals surface area contributed by atoms with Crippen LogP contribution in [0.4, 0.5) is 11.6 Å². The second kappa shape index (κ2) is 16.9. The summed E-state index contributed by atoms with van der Waals surface area (Å²) >= 11 is 0. The van der Waals surface area contributed by atoms with Gasteiger partial charge in [-0.05, 0) is 71.0 Å². The van der Waals surface area contributed by atoms with Gasteiger partial charge in [-0.15, -0.1) is 0 Å². The Bertz CT molecular complexity index is 2450. The third-order valence-electron chi connectivity index (χ3n) is 11.5. The molecule has 0 fully saturated rings. The van der Waals surface area contributed by atoms with E-state index in [1.54, 1.807) is 0 Å². The summed E-state index contributed by atoms with van der Waals surface area (Å²) in [7, 11) is 0. The van der Waals surface area contributed by atoms with Crippen LogP contribution in [0.3, 0.4) is 0 Å². The summed E-state index contributed by atoms with van der Waals surface area (Å²) in [6, 6.07) is 72.4. The Kier molecular flexibility index (Phi) is 10.8. The van der Waals surface area contributed by atoms with Crippen LogP contribution < -0.4 is 10.6 Å². The molecule has 294 valence electrons. The summed E-state index contributed by atoms with van der Waals surface area (Å²) in [6.45, 7) is 5.15. The van der Waals surface area contributed by atoms with Crippen molar-refractivity contribution >= 4 is 22.8 Å². The number of nitrogens with one attached hydrogen (secondary N) is 2. The number of benzene rings is 6. The number of nitrogens with zero attached hydrogens (tertiary/aromatic N) is 4. The van der Waals surface area contributed by atoms with E-state index >= 15 is 0 Å². The predicted octanol–water partition coefficient (Wildman–Crippen LogP) is 12.4. The third kappa shape index (κ3) is 7.22. The monoisotopic (exact) mass is 780 g/mol. The van der Waals surface area contributed by atoms with Crippen molar-refractivity contribution in [3.63, 3.8) is 0 Å². The summed E-state index contributed by atoms with van der Waals surface area (Å²) in [5.41, 5.74) is 8.45. The van der Waals surface area contributed by atoms with Crippen LogP contribution in [0.1, 0.15) is 59.0 Å². The average Bonchev–Trinajstić information content (AvgIpc) is 3.64. The first-order valence-electron chi connectivity index (χ1n) is 20.8. The predicted molar refractivity (Wildman–Crippen MR) is 246 cm³/mol. The molecule has 0 aliphatic rings. The van der Waals surface area contributed by atoms with E-state index in [2.05, 4.69) is 235 Å². The van der Waals surface area contributed by atoms with Gasteiger partial charge in [0.15, 0.2) is 5.65 Å². The lowest BCUT2D eigenvalue weighted by Gasteiger charge is -2.39. The van der Waals surface area contributed by atoms with Gasteiger partial charge in [0.2, 0.25) is 0 Å². The zero-order valence-corrected chi connectivity index (χ0v) is 34.0. The molecule has 0 spiro atoms. The molecule has 6 heteroatoms. The van der Waals surface area contributed by atoms with Gasteiger partial charge in [-0.25, -0.2) is 15.0 Å². The first kappa shape index (κ1) is 38.2. The molecular formula is C54H48N6. The number of fused-ring (bicyclic) bond motifs is 1. The quantitative estimate of drug-likeness (QED) is 0.108. The molecule has 9 rings (SSSR count). The first-order chi connectivity index (χ1) is 29.6. The minimum Gasteiger partial charge on any atom is -0.353 e. The molecule has 60 heavy (non-hydrogen) atoms. The van der Waals surface area contributed by atoms with Crippen molar-refractivity contribution in [3.05, 3.63) is 245 Å². The van der Waals surface area contributed by atoms with Gasteiger partial charge in [0.05, 0.1) is 5.69 Å². The number of unbranched alkanes of at least 4 members (excludes halogenated alkanes) is 1. The minimum absolute atomic E-state index is 0.687. The molecule has 9 aromatic rings. The normalized spacial score (nSPS) is 11.7. The molecule has 0 amide bonds. The number of rotatable bonds is 14. The highest BCUT2D eigenvalue weighted by atomic mass is 15.1. The number of pyridine rings is 2. The highest BCUT2D eigenvalue weighted by Crippen LogP contribution is 2.43. The van der Waals surface area contributed by atoms with E-state index in [0.717, 1.165) is 81.0 Å². The molecule has 3 aromatic heterocycles. The summed E-state index contributed by atoms with van der Waals surface area (Å²) < 4.78 is 2.25. The molecule has 2 N–H and O–H groups in total. The molecule has 0 saturated heterocycles. The Labute approximate surface area is 352 Å². The van der Waals surface area contributed by atoms with Gasteiger partial charge in [0.25, 0.3) is 0 Å². The lowest BCUT2D eigenvalue weighted by atomic mass is 9.76. The second-order valence-corrected chi connectivity index (χ2v) is 15.3. The lowest BCUT2D eigenvalue weighted by Crippen LogP contribution is -2.39. The van der Waals surface area contributed by atoms with Crippen molar-refractivity contribution in [2.75, 3.05) is 10.6 Å². The summed E-state index contributed by atoms with van der Waals surface area (Å²) in [4.78, 5) is 15.8. The van der Waals surface area contributed by atoms with Gasteiger partial charge in [-0.1, -0.05) is 195 Å². The van der Waals surface area contributed by atoms with Crippen molar-refractivity contribution in [1.29, 1.82) is 0 Å². The van der Waals surface area contributed by atoms with E-state index < -0.39 is 11.1 Å². The number of aromatic nitrogens is 4. The van der Waals surface area contributed by atoms with E-state index in [-0.39, 0.29) is 0 Å². The summed E-state index contributed by atoms with van der Waals surface area (Å²) in [5, 5.41) is 8.16. The zero-order chi connectivity index (χ0) is 40.8. The fourth-order valence-electron chi connectivity index (χ4n) is 8.61. The topological polar surface area (TPSA) is 67.7 Å². The van der Waals surface area contributed by atoms with Crippen molar-refractivity contribution in [3.8, 4) is 11.3 Å². The number of anilines is 2. The number of imidazole rings is 1. The van der Waals surface area contributed by atoms with E-state index in [4.69, 9.17) is 15.0 Å². The largest absolute Gasteiger partial charge is 0.353 e. The molecular weight excluding hydrogens is 733 g/mol. The first-order valence-corrected chi connectivity index (χ1v) is 20.8. The van der Waals surface area contributed by atoms with Gasteiger partial charge in [-0.2, -0.15) is 0 Å². The van der Waals surface area contributed by atoms with Crippen LogP contribution in [0.25, 0.3) is 22.4 Å². The molecule has 0 bridgehead atoms. The molecule has 6 nitrogen and oxygen atoms in total. The lowest BCUT2D eigenvalue weighted by molar-refractivity contribution is 0.627. The highest BCUT2D eigenvalue weighted by Gasteiger charge is 2.39. The molecule has 0 radical (unpaired) electrons. The third-order valence-corrected chi connectivity index (χ3v) is 11.5. The minimum atomic E-state index is -0.810.